The summed E-state index contributed by atoms with van der Waals surface area (Å²) in [4.78, 5) is 9.02. The van der Waals surface area contributed by atoms with Crippen molar-refractivity contribution >= 4 is 28.8 Å². The van der Waals surface area contributed by atoms with E-state index in [2.05, 4.69) is 20.4 Å². The molecule has 0 unspecified atom stereocenters. The van der Waals surface area contributed by atoms with Crippen LogP contribution in [-0.2, 0) is 12.8 Å². The Hall–Kier alpha value is -2.31. The molecule has 1 aliphatic heterocycles. The number of pyridine rings is 1. The highest BCUT2D eigenvalue weighted by atomic mass is 35.5. The van der Waals surface area contributed by atoms with Gasteiger partial charge in [0.1, 0.15) is 5.82 Å². The van der Waals surface area contributed by atoms with Gasteiger partial charge in [-0.05, 0) is 55.5 Å². The molecule has 2 aromatic rings. The second-order valence-corrected chi connectivity index (χ2v) is 7.79. The molecule has 0 atom stereocenters. The number of aromatic nitrogens is 1. The largest absolute Gasteiger partial charge is 0.411 e. The van der Waals surface area contributed by atoms with Crippen LogP contribution in [0.5, 0.6) is 0 Å². The van der Waals surface area contributed by atoms with Gasteiger partial charge in [0.15, 0.2) is 5.82 Å². The molecule has 0 amide bonds. The van der Waals surface area contributed by atoms with Gasteiger partial charge in [0.25, 0.3) is 0 Å². The summed E-state index contributed by atoms with van der Waals surface area (Å²) < 4.78 is 13.4. The minimum atomic E-state index is -0.467. The zero-order chi connectivity index (χ0) is 19.5. The van der Waals surface area contributed by atoms with Crippen LogP contribution in [0.3, 0.4) is 0 Å². The molecule has 2 aliphatic rings. The number of hydrogen-bond donors (Lipinski definition) is 2. The summed E-state index contributed by atoms with van der Waals surface area (Å²) in [6, 6.07) is 6.35. The number of fused-ring (bicyclic) bond motifs is 1. The van der Waals surface area contributed by atoms with Gasteiger partial charge in [-0.25, -0.2) is 14.4 Å². The van der Waals surface area contributed by atoms with Crippen molar-refractivity contribution in [2.24, 2.45) is 16.1 Å². The summed E-state index contributed by atoms with van der Waals surface area (Å²) in [5, 5.41) is 16.6. The van der Waals surface area contributed by atoms with E-state index in [0.29, 0.717) is 24.4 Å². The quantitative estimate of drug-likeness (QED) is 0.300. The van der Waals surface area contributed by atoms with E-state index < -0.39 is 5.82 Å². The van der Waals surface area contributed by atoms with Crippen LogP contribution in [0.25, 0.3) is 0 Å². The Balaban J connectivity index is 1.45. The lowest BCUT2D eigenvalue weighted by Crippen LogP contribution is -2.20. The average Bonchev–Trinajstić information content (AvgIpc) is 3.42. The van der Waals surface area contributed by atoms with Gasteiger partial charge in [-0.3, -0.25) is 0 Å². The fourth-order valence-corrected chi connectivity index (χ4v) is 3.65. The predicted molar refractivity (Wildman–Crippen MR) is 109 cm³/mol. The van der Waals surface area contributed by atoms with Gasteiger partial charge in [0.2, 0.25) is 0 Å². The van der Waals surface area contributed by atoms with E-state index in [1.54, 1.807) is 18.3 Å². The fourth-order valence-electron chi connectivity index (χ4n) is 3.45. The standard InChI is InChI=1S/C21H22ClFN4O/c22-18-9-14(3-4-19(18)23)10-20(27-28)16-6-8-25-21-17(16)11-15(26-21)5-7-24-12-13-1-2-13/h3-4,6,8-9,13,24,28H,1-2,5,7,10-12H2/b27-20+. The molecule has 0 radical (unpaired) electrons. The van der Waals surface area contributed by atoms with Crippen LogP contribution in [0.2, 0.25) is 5.02 Å². The summed E-state index contributed by atoms with van der Waals surface area (Å²) in [6.07, 6.45) is 6.28. The second kappa shape index (κ2) is 8.37. The molecule has 1 aliphatic carbocycles. The molecule has 1 fully saturated rings. The van der Waals surface area contributed by atoms with E-state index in [1.165, 1.54) is 18.9 Å². The maximum Gasteiger partial charge on any atom is 0.155 e. The van der Waals surface area contributed by atoms with E-state index in [1.807, 2.05) is 6.07 Å². The first kappa shape index (κ1) is 19.0. The number of nitrogens with one attached hydrogen (secondary N) is 1. The number of hydrogen-bond acceptors (Lipinski definition) is 5. The third-order valence-electron chi connectivity index (χ3n) is 5.19. The number of halogens is 2. The van der Waals surface area contributed by atoms with E-state index in [9.17, 15) is 9.60 Å². The Morgan fingerprint density at radius 2 is 2.18 bits per heavy atom. The number of nitrogens with zero attached hydrogens (tertiary/aromatic N) is 3. The highest BCUT2D eigenvalue weighted by Crippen LogP contribution is 2.30. The minimum Gasteiger partial charge on any atom is -0.411 e. The number of rotatable bonds is 8. The molecule has 1 aromatic heterocycles. The van der Waals surface area contributed by atoms with Gasteiger partial charge in [-0.15, -0.1) is 0 Å². The van der Waals surface area contributed by atoms with Crippen LogP contribution in [0.4, 0.5) is 10.2 Å². The van der Waals surface area contributed by atoms with Crippen LogP contribution in [-0.4, -0.2) is 34.7 Å². The highest BCUT2D eigenvalue weighted by Gasteiger charge is 2.23. The molecule has 0 saturated heterocycles. The highest BCUT2D eigenvalue weighted by molar-refractivity contribution is 6.30. The van der Waals surface area contributed by atoms with Crippen LogP contribution in [0.15, 0.2) is 40.6 Å². The van der Waals surface area contributed by atoms with E-state index in [0.717, 1.165) is 47.8 Å². The van der Waals surface area contributed by atoms with Gasteiger partial charge >= 0.3 is 0 Å². The van der Waals surface area contributed by atoms with Crippen molar-refractivity contribution in [1.29, 1.82) is 0 Å². The Bertz CT molecular complexity index is 940. The molecule has 2 heterocycles. The number of benzene rings is 1. The first-order valence-electron chi connectivity index (χ1n) is 9.54. The average molecular weight is 401 g/mol. The number of aliphatic imine (C=N–C) groups is 1. The second-order valence-electron chi connectivity index (χ2n) is 7.38. The predicted octanol–water partition coefficient (Wildman–Crippen LogP) is 4.31. The van der Waals surface area contributed by atoms with Gasteiger partial charge < -0.3 is 10.5 Å². The summed E-state index contributed by atoms with van der Waals surface area (Å²) in [6.45, 7) is 2.00. The van der Waals surface area contributed by atoms with Crippen LogP contribution >= 0.6 is 11.6 Å². The zero-order valence-electron chi connectivity index (χ0n) is 15.5. The van der Waals surface area contributed by atoms with Crippen molar-refractivity contribution in [2.75, 3.05) is 13.1 Å². The molecule has 0 spiro atoms. The summed E-state index contributed by atoms with van der Waals surface area (Å²) in [7, 11) is 0. The van der Waals surface area contributed by atoms with Crippen molar-refractivity contribution in [2.45, 2.75) is 32.1 Å². The molecule has 2 N–H and O–H groups in total. The van der Waals surface area contributed by atoms with Gasteiger partial charge in [0.05, 0.1) is 10.7 Å². The number of oxime groups is 1. The molecule has 5 nitrogen and oxygen atoms in total. The monoisotopic (exact) mass is 400 g/mol. The molecular weight excluding hydrogens is 379 g/mol. The van der Waals surface area contributed by atoms with Crippen molar-refractivity contribution in [1.82, 2.24) is 10.3 Å². The summed E-state index contributed by atoms with van der Waals surface area (Å²) in [5.41, 5.74) is 4.14. The van der Waals surface area contributed by atoms with E-state index in [-0.39, 0.29) is 5.02 Å². The topological polar surface area (TPSA) is 69.9 Å². The van der Waals surface area contributed by atoms with Gasteiger partial charge in [0, 0.05) is 42.4 Å². The van der Waals surface area contributed by atoms with Crippen LogP contribution < -0.4 is 5.32 Å². The van der Waals surface area contributed by atoms with E-state index in [4.69, 9.17) is 11.6 Å². The Morgan fingerprint density at radius 1 is 1.32 bits per heavy atom. The van der Waals surface area contributed by atoms with Crippen molar-refractivity contribution in [3.63, 3.8) is 0 Å². The van der Waals surface area contributed by atoms with Gasteiger partial charge in [-0.1, -0.05) is 22.8 Å². The lowest BCUT2D eigenvalue weighted by Gasteiger charge is -2.10. The van der Waals surface area contributed by atoms with Crippen molar-refractivity contribution < 1.29 is 9.60 Å². The first-order chi connectivity index (χ1) is 13.6. The zero-order valence-corrected chi connectivity index (χ0v) is 16.2. The molecule has 4 rings (SSSR count). The Kier molecular flexibility index (Phi) is 5.69. The van der Waals surface area contributed by atoms with Crippen LogP contribution in [0.1, 0.15) is 36.0 Å². The summed E-state index contributed by atoms with van der Waals surface area (Å²) in [5.74, 6) is 1.08. The van der Waals surface area contributed by atoms with Crippen LogP contribution in [0, 0.1) is 11.7 Å². The van der Waals surface area contributed by atoms with E-state index >= 15 is 0 Å². The smallest absolute Gasteiger partial charge is 0.155 e. The maximum atomic E-state index is 13.4. The van der Waals surface area contributed by atoms with Gasteiger partial charge in [-0.2, -0.15) is 0 Å². The molecular formula is C21H22ClFN4O. The molecule has 1 saturated carbocycles. The molecule has 146 valence electrons. The lowest BCUT2D eigenvalue weighted by atomic mass is 9.96. The Labute approximate surface area is 168 Å². The first-order valence-corrected chi connectivity index (χ1v) is 9.92. The maximum absolute atomic E-state index is 13.4. The molecule has 1 aromatic carbocycles. The van der Waals surface area contributed by atoms with Crippen molar-refractivity contribution in [3.8, 4) is 0 Å². The lowest BCUT2D eigenvalue weighted by molar-refractivity contribution is 0.318. The normalized spacial score (nSPS) is 16.2. The summed E-state index contributed by atoms with van der Waals surface area (Å²) >= 11 is 5.87. The molecule has 28 heavy (non-hydrogen) atoms. The van der Waals surface area contributed by atoms with Crippen molar-refractivity contribution in [3.05, 3.63) is 58.0 Å². The Morgan fingerprint density at radius 3 is 2.93 bits per heavy atom. The fraction of sp³-hybridized carbons (Fsp3) is 0.381. The molecule has 7 heteroatoms. The SMILES string of the molecule is O/N=C(\Cc1ccc(F)c(Cl)c1)c1ccnc2c1CC(CCNCC1CC1)=N2. The third-order valence-corrected chi connectivity index (χ3v) is 5.48. The molecule has 0 bridgehead atoms. The minimum absolute atomic E-state index is 0.0547. The third kappa shape index (κ3) is 4.39.